The Morgan fingerprint density at radius 3 is 2.64 bits per heavy atom. The number of esters is 1. The van der Waals surface area contributed by atoms with Gasteiger partial charge in [0.25, 0.3) is 5.91 Å². The normalized spacial score (nSPS) is 14.1. The summed E-state index contributed by atoms with van der Waals surface area (Å²) in [7, 11) is 0. The van der Waals surface area contributed by atoms with E-state index in [-0.39, 0.29) is 13.3 Å². The lowest BCUT2D eigenvalue weighted by Gasteiger charge is -2.18. The number of ether oxygens (including phenoxy) is 4. The minimum absolute atomic E-state index is 0.195. The van der Waals surface area contributed by atoms with Crippen molar-refractivity contribution in [1.29, 1.82) is 0 Å². The van der Waals surface area contributed by atoms with Crippen LogP contribution in [0, 0.1) is 6.92 Å². The lowest BCUT2D eigenvalue weighted by atomic mass is 10.2. The Labute approximate surface area is 163 Å². The summed E-state index contributed by atoms with van der Waals surface area (Å²) in [5.74, 6) is 0.902. The molecule has 0 saturated heterocycles. The zero-order valence-corrected chi connectivity index (χ0v) is 16.1. The minimum Gasteiger partial charge on any atom is -0.479 e. The summed E-state index contributed by atoms with van der Waals surface area (Å²) in [4.78, 5) is 24.4. The van der Waals surface area contributed by atoms with Crippen LogP contribution in [0.15, 0.2) is 42.5 Å². The fourth-order valence-corrected chi connectivity index (χ4v) is 2.65. The highest BCUT2D eigenvalue weighted by atomic mass is 16.7. The Bertz CT molecular complexity index is 866. The molecule has 0 aliphatic carbocycles. The summed E-state index contributed by atoms with van der Waals surface area (Å²) in [6.45, 7) is 5.52. The number of hydrogen-bond acceptors (Lipinski definition) is 6. The molecule has 2 aromatic carbocycles. The van der Waals surface area contributed by atoms with Crippen LogP contribution in [0.4, 0.5) is 0 Å². The second kappa shape index (κ2) is 8.65. The summed E-state index contributed by atoms with van der Waals surface area (Å²) in [5.41, 5.74) is 1.88. The predicted molar refractivity (Wildman–Crippen MR) is 101 cm³/mol. The van der Waals surface area contributed by atoms with Crippen molar-refractivity contribution in [2.45, 2.75) is 39.5 Å². The molecule has 0 fully saturated rings. The molecule has 1 aliphatic heterocycles. The average molecular weight is 385 g/mol. The maximum Gasteiger partial charge on any atom is 0.347 e. The lowest BCUT2D eigenvalue weighted by molar-refractivity contribution is -0.160. The van der Waals surface area contributed by atoms with Crippen molar-refractivity contribution in [3.8, 4) is 17.2 Å². The highest BCUT2D eigenvalue weighted by Gasteiger charge is 2.23. The number of hydrogen-bond donors (Lipinski definition) is 1. The molecule has 7 nitrogen and oxygen atoms in total. The zero-order chi connectivity index (χ0) is 20.1. The van der Waals surface area contributed by atoms with Gasteiger partial charge in [-0.25, -0.2) is 4.79 Å². The van der Waals surface area contributed by atoms with E-state index in [9.17, 15) is 9.59 Å². The first kappa shape index (κ1) is 19.5. The Hall–Kier alpha value is -3.22. The molecule has 0 spiro atoms. The molecule has 28 heavy (non-hydrogen) atoms. The van der Waals surface area contributed by atoms with Crippen LogP contribution in [0.2, 0.25) is 0 Å². The zero-order valence-electron chi connectivity index (χ0n) is 16.1. The number of aryl methyl sites for hydroxylation is 1. The van der Waals surface area contributed by atoms with E-state index in [4.69, 9.17) is 18.9 Å². The van der Waals surface area contributed by atoms with E-state index in [2.05, 4.69) is 5.32 Å². The smallest absolute Gasteiger partial charge is 0.347 e. The third-order valence-corrected chi connectivity index (χ3v) is 4.20. The van der Waals surface area contributed by atoms with Gasteiger partial charge < -0.3 is 24.3 Å². The first-order valence-corrected chi connectivity index (χ1v) is 9.02. The number of rotatable bonds is 7. The molecule has 1 N–H and O–H groups in total. The summed E-state index contributed by atoms with van der Waals surface area (Å²) < 4.78 is 21.4. The molecule has 1 aliphatic rings. The van der Waals surface area contributed by atoms with Gasteiger partial charge in [0, 0.05) is 6.54 Å². The van der Waals surface area contributed by atoms with Crippen LogP contribution in [0.3, 0.4) is 0 Å². The molecular formula is C21H23NO6. The molecule has 1 heterocycles. The Morgan fingerprint density at radius 2 is 1.86 bits per heavy atom. The number of carbonyl (C=O) groups is 2. The second-order valence-corrected chi connectivity index (χ2v) is 6.56. The van der Waals surface area contributed by atoms with E-state index in [0.717, 1.165) is 11.1 Å². The van der Waals surface area contributed by atoms with Crippen molar-refractivity contribution >= 4 is 11.9 Å². The van der Waals surface area contributed by atoms with Crippen molar-refractivity contribution in [2.24, 2.45) is 0 Å². The lowest BCUT2D eigenvalue weighted by Crippen LogP contribution is -2.38. The number of fused-ring (bicyclic) bond motifs is 1. The van der Waals surface area contributed by atoms with E-state index < -0.39 is 24.1 Å². The Morgan fingerprint density at radius 1 is 1.07 bits per heavy atom. The molecule has 1 amide bonds. The van der Waals surface area contributed by atoms with Gasteiger partial charge in [-0.05, 0) is 56.2 Å². The third-order valence-electron chi connectivity index (χ3n) is 4.20. The van der Waals surface area contributed by atoms with Crippen molar-refractivity contribution in [1.82, 2.24) is 5.32 Å². The van der Waals surface area contributed by atoms with Crippen molar-refractivity contribution in [2.75, 3.05) is 6.79 Å². The van der Waals surface area contributed by atoms with Gasteiger partial charge in [0.05, 0.1) is 0 Å². The average Bonchev–Trinajstić information content (AvgIpc) is 3.13. The summed E-state index contributed by atoms with van der Waals surface area (Å²) >= 11 is 0. The van der Waals surface area contributed by atoms with Gasteiger partial charge in [-0.2, -0.15) is 0 Å². The molecule has 0 bridgehead atoms. The van der Waals surface area contributed by atoms with Crippen LogP contribution >= 0.6 is 0 Å². The highest BCUT2D eigenvalue weighted by molar-refractivity contribution is 5.84. The van der Waals surface area contributed by atoms with Crippen molar-refractivity contribution < 1.29 is 28.5 Å². The van der Waals surface area contributed by atoms with Gasteiger partial charge in [0.15, 0.2) is 23.7 Å². The van der Waals surface area contributed by atoms with Crippen molar-refractivity contribution in [3.05, 3.63) is 53.6 Å². The largest absolute Gasteiger partial charge is 0.479 e. The van der Waals surface area contributed by atoms with E-state index in [1.807, 2.05) is 31.2 Å². The van der Waals surface area contributed by atoms with Crippen LogP contribution in [-0.2, 0) is 20.9 Å². The monoisotopic (exact) mass is 385 g/mol. The topological polar surface area (TPSA) is 83.1 Å². The number of amides is 1. The molecule has 7 heteroatoms. The molecule has 0 aromatic heterocycles. The van der Waals surface area contributed by atoms with Crippen LogP contribution in [-0.4, -0.2) is 30.9 Å². The van der Waals surface area contributed by atoms with Crippen LogP contribution in [0.25, 0.3) is 0 Å². The van der Waals surface area contributed by atoms with Gasteiger partial charge >= 0.3 is 5.97 Å². The minimum atomic E-state index is -0.940. The maximum atomic E-state index is 12.2. The highest BCUT2D eigenvalue weighted by Crippen LogP contribution is 2.32. The fraction of sp³-hybridized carbons (Fsp3) is 0.333. The van der Waals surface area contributed by atoms with Gasteiger partial charge in [-0.3, -0.25) is 4.79 Å². The van der Waals surface area contributed by atoms with E-state index >= 15 is 0 Å². The Balaban J connectivity index is 1.47. The van der Waals surface area contributed by atoms with Crippen LogP contribution in [0.5, 0.6) is 17.2 Å². The fourth-order valence-electron chi connectivity index (χ4n) is 2.65. The maximum absolute atomic E-state index is 12.2. The SMILES string of the molecule is Cc1cccc(O[C@H](C)C(=O)O[C@@H](C)C(=O)NCc2ccc3c(c2)OCO3)c1. The van der Waals surface area contributed by atoms with Gasteiger partial charge in [0.1, 0.15) is 5.75 Å². The molecule has 0 saturated carbocycles. The molecule has 2 atom stereocenters. The summed E-state index contributed by atoms with van der Waals surface area (Å²) in [5, 5.41) is 2.74. The van der Waals surface area contributed by atoms with E-state index in [1.165, 1.54) is 6.92 Å². The second-order valence-electron chi connectivity index (χ2n) is 6.56. The predicted octanol–water partition coefficient (Wildman–Crippen LogP) is 2.74. The number of carbonyl (C=O) groups excluding carboxylic acids is 2. The first-order valence-electron chi connectivity index (χ1n) is 9.02. The standard InChI is InChI=1S/C21H23NO6/c1-13-5-4-6-17(9-13)27-15(3)21(24)28-14(2)20(23)22-11-16-7-8-18-19(10-16)26-12-25-18/h4-10,14-15H,11-12H2,1-3H3,(H,22,23)/t14-,15+/m0/s1. The Kier molecular flexibility index (Phi) is 6.03. The summed E-state index contributed by atoms with van der Waals surface area (Å²) in [6, 6.07) is 12.8. The van der Waals surface area contributed by atoms with Gasteiger partial charge in [-0.15, -0.1) is 0 Å². The molecule has 0 unspecified atom stereocenters. The van der Waals surface area contributed by atoms with E-state index in [1.54, 1.807) is 25.1 Å². The summed E-state index contributed by atoms with van der Waals surface area (Å²) in [6.07, 6.45) is -1.77. The first-order chi connectivity index (χ1) is 13.4. The van der Waals surface area contributed by atoms with E-state index in [0.29, 0.717) is 17.2 Å². The third kappa shape index (κ3) is 4.94. The van der Waals surface area contributed by atoms with Crippen molar-refractivity contribution in [3.63, 3.8) is 0 Å². The number of benzene rings is 2. The number of nitrogens with one attached hydrogen (secondary N) is 1. The molecule has 2 aromatic rings. The van der Waals surface area contributed by atoms with Gasteiger partial charge in [-0.1, -0.05) is 18.2 Å². The quantitative estimate of drug-likeness (QED) is 0.738. The van der Waals surface area contributed by atoms with Crippen LogP contribution < -0.4 is 19.5 Å². The molecular weight excluding hydrogens is 362 g/mol. The molecule has 148 valence electrons. The van der Waals surface area contributed by atoms with Crippen LogP contribution in [0.1, 0.15) is 25.0 Å². The molecule has 0 radical (unpaired) electrons. The van der Waals surface area contributed by atoms with Gasteiger partial charge in [0.2, 0.25) is 6.79 Å². The molecule has 3 rings (SSSR count).